The summed E-state index contributed by atoms with van der Waals surface area (Å²) in [5.74, 6) is -0.0698. The molecule has 0 spiro atoms. The fourth-order valence-electron chi connectivity index (χ4n) is 4.45. The van der Waals surface area contributed by atoms with Crippen LogP contribution in [-0.2, 0) is 4.79 Å². The number of methoxy groups -OCH3 is 1. The predicted molar refractivity (Wildman–Crippen MR) is 131 cm³/mol. The van der Waals surface area contributed by atoms with E-state index in [9.17, 15) is 9.18 Å². The zero-order valence-electron chi connectivity index (χ0n) is 18.8. The summed E-state index contributed by atoms with van der Waals surface area (Å²) in [6.07, 6.45) is 1.89. The van der Waals surface area contributed by atoms with Crippen LogP contribution in [0.2, 0.25) is 0 Å². The van der Waals surface area contributed by atoms with Gasteiger partial charge < -0.3 is 19.9 Å². The lowest BCUT2D eigenvalue weighted by atomic mass is 9.97. The summed E-state index contributed by atoms with van der Waals surface area (Å²) < 4.78 is 20.0. The Kier molecular flexibility index (Phi) is 5.60. The number of hydrogen-bond acceptors (Lipinski definition) is 4. The minimum absolute atomic E-state index is 0.161. The zero-order valence-corrected chi connectivity index (χ0v) is 18.8. The summed E-state index contributed by atoms with van der Waals surface area (Å²) in [4.78, 5) is 17.4. The van der Waals surface area contributed by atoms with Gasteiger partial charge in [0.1, 0.15) is 11.6 Å². The quantitative estimate of drug-likeness (QED) is 0.592. The van der Waals surface area contributed by atoms with Gasteiger partial charge in [-0.1, -0.05) is 24.3 Å². The third-order valence-electron chi connectivity index (χ3n) is 6.36. The van der Waals surface area contributed by atoms with Crippen molar-refractivity contribution in [3.05, 3.63) is 77.6 Å². The molecule has 0 radical (unpaired) electrons. The minimum Gasteiger partial charge on any atom is -0.496 e. The van der Waals surface area contributed by atoms with Crippen LogP contribution in [0.1, 0.15) is 11.1 Å². The highest BCUT2D eigenvalue weighted by Gasteiger charge is 2.25. The Morgan fingerprint density at radius 2 is 1.76 bits per heavy atom. The number of hydrogen-bond donors (Lipinski definition) is 1. The number of halogens is 1. The van der Waals surface area contributed by atoms with Crippen LogP contribution in [0, 0.1) is 5.82 Å². The fourth-order valence-corrected chi connectivity index (χ4v) is 4.45. The molecule has 3 aromatic carbocycles. The van der Waals surface area contributed by atoms with Gasteiger partial charge in [-0.05, 0) is 60.6 Å². The Morgan fingerprint density at radius 3 is 2.48 bits per heavy atom. The molecule has 5 nitrogen and oxygen atoms in total. The summed E-state index contributed by atoms with van der Waals surface area (Å²) in [7, 11) is 3.67. The molecule has 1 saturated heterocycles. The maximum atomic E-state index is 14.6. The van der Waals surface area contributed by atoms with Gasteiger partial charge in [-0.25, -0.2) is 4.39 Å². The Hall–Kier alpha value is -3.64. The molecule has 1 amide bonds. The van der Waals surface area contributed by atoms with E-state index in [1.165, 1.54) is 18.9 Å². The van der Waals surface area contributed by atoms with Gasteiger partial charge in [0.05, 0.1) is 12.7 Å². The van der Waals surface area contributed by atoms with Crippen molar-refractivity contribution in [1.82, 2.24) is 4.90 Å². The highest BCUT2D eigenvalue weighted by Crippen LogP contribution is 2.39. The second kappa shape index (κ2) is 8.71. The van der Waals surface area contributed by atoms with E-state index in [4.69, 9.17) is 4.74 Å². The van der Waals surface area contributed by atoms with Crippen molar-refractivity contribution in [1.29, 1.82) is 0 Å². The number of carbonyl (C=O) groups is 1. The lowest BCUT2D eigenvalue weighted by Crippen LogP contribution is -2.44. The number of nitrogens with one attached hydrogen (secondary N) is 1. The molecule has 0 aliphatic carbocycles. The third-order valence-corrected chi connectivity index (χ3v) is 6.36. The number of ether oxygens (including phenoxy) is 1. The molecule has 2 aliphatic heterocycles. The highest BCUT2D eigenvalue weighted by molar-refractivity contribution is 6.35. The molecule has 2 heterocycles. The maximum absolute atomic E-state index is 14.6. The molecular weight excluding hydrogens is 417 g/mol. The molecule has 1 N–H and O–H groups in total. The first-order chi connectivity index (χ1) is 16.0. The van der Waals surface area contributed by atoms with E-state index in [1.54, 1.807) is 18.2 Å². The van der Waals surface area contributed by atoms with Crippen molar-refractivity contribution in [2.24, 2.45) is 0 Å². The van der Waals surface area contributed by atoms with E-state index in [-0.39, 0.29) is 11.7 Å². The van der Waals surface area contributed by atoms with E-state index in [1.807, 2.05) is 30.3 Å². The summed E-state index contributed by atoms with van der Waals surface area (Å²) in [6, 6.07) is 18.5. The second-order valence-electron chi connectivity index (χ2n) is 8.47. The predicted octanol–water partition coefficient (Wildman–Crippen LogP) is 4.75. The van der Waals surface area contributed by atoms with Crippen LogP contribution < -0.4 is 15.0 Å². The molecule has 168 valence electrons. The van der Waals surface area contributed by atoms with Gasteiger partial charge >= 0.3 is 0 Å². The molecule has 33 heavy (non-hydrogen) atoms. The number of carbonyl (C=O) groups excluding carboxylic acids is 1. The smallest absolute Gasteiger partial charge is 0.256 e. The highest BCUT2D eigenvalue weighted by atomic mass is 19.1. The molecular formula is C27H26FN3O2. The third kappa shape index (κ3) is 4.10. The first-order valence-corrected chi connectivity index (χ1v) is 11.1. The molecule has 0 aromatic heterocycles. The Bertz CT molecular complexity index is 1230. The van der Waals surface area contributed by atoms with Crippen molar-refractivity contribution in [2.75, 3.05) is 50.6 Å². The van der Waals surface area contributed by atoms with Crippen molar-refractivity contribution >= 4 is 28.9 Å². The second-order valence-corrected chi connectivity index (χ2v) is 8.47. The SMILES string of the molecule is COc1cccc(F)c1-c1ccc2c(c1)/C(=C/c1ccc(N3CCN(C)CC3)cc1)C(=O)N2. The first kappa shape index (κ1) is 21.2. The standard InChI is InChI=1S/C27H26FN3O2/c1-30-12-14-31(15-13-30)20-9-6-18(7-10-20)16-22-21-17-19(8-11-24(21)29-27(22)32)26-23(28)4-3-5-25(26)33-2/h3-11,16-17H,12-15H2,1-2H3,(H,29,32)/b22-16-. The van der Waals surface area contributed by atoms with E-state index in [0.29, 0.717) is 22.4 Å². The van der Waals surface area contributed by atoms with Crippen LogP contribution >= 0.6 is 0 Å². The number of anilines is 2. The molecule has 0 atom stereocenters. The van der Waals surface area contributed by atoms with Crippen molar-refractivity contribution in [3.8, 4) is 16.9 Å². The Balaban J connectivity index is 1.47. The maximum Gasteiger partial charge on any atom is 0.256 e. The van der Waals surface area contributed by atoms with Gasteiger partial charge in [-0.15, -0.1) is 0 Å². The lowest BCUT2D eigenvalue weighted by Gasteiger charge is -2.34. The monoisotopic (exact) mass is 443 g/mol. The minimum atomic E-state index is -0.364. The lowest BCUT2D eigenvalue weighted by molar-refractivity contribution is -0.110. The van der Waals surface area contributed by atoms with Gasteiger partial charge in [-0.3, -0.25) is 4.79 Å². The topological polar surface area (TPSA) is 44.8 Å². The molecule has 0 saturated carbocycles. The van der Waals surface area contributed by atoms with Crippen molar-refractivity contribution in [2.45, 2.75) is 0 Å². The van der Waals surface area contributed by atoms with Crippen LogP contribution in [0.15, 0.2) is 60.7 Å². The number of fused-ring (bicyclic) bond motifs is 1. The summed E-state index contributed by atoms with van der Waals surface area (Å²) in [6.45, 7) is 4.12. The zero-order chi connectivity index (χ0) is 22.9. The average Bonchev–Trinajstić information content (AvgIpc) is 3.14. The number of benzene rings is 3. The molecule has 2 aliphatic rings. The van der Waals surface area contributed by atoms with Gasteiger partial charge in [0, 0.05) is 48.7 Å². The van der Waals surface area contributed by atoms with Crippen LogP contribution in [0.5, 0.6) is 5.75 Å². The van der Waals surface area contributed by atoms with E-state index < -0.39 is 0 Å². The molecule has 6 heteroatoms. The van der Waals surface area contributed by atoms with Gasteiger partial charge in [-0.2, -0.15) is 0 Å². The molecule has 5 rings (SSSR count). The molecule has 1 fully saturated rings. The first-order valence-electron chi connectivity index (χ1n) is 11.1. The van der Waals surface area contributed by atoms with E-state index in [2.05, 4.69) is 34.3 Å². The Labute approximate surface area is 193 Å². The average molecular weight is 444 g/mol. The molecule has 0 bridgehead atoms. The number of piperazine rings is 1. The summed E-state index contributed by atoms with van der Waals surface area (Å²) in [5, 5.41) is 2.91. The van der Waals surface area contributed by atoms with Crippen LogP contribution in [0.25, 0.3) is 22.8 Å². The van der Waals surface area contributed by atoms with Crippen LogP contribution in [0.4, 0.5) is 15.8 Å². The van der Waals surface area contributed by atoms with Gasteiger partial charge in [0.25, 0.3) is 5.91 Å². The summed E-state index contributed by atoms with van der Waals surface area (Å²) in [5.41, 5.74) is 5.23. The normalized spacial score (nSPS) is 17.2. The molecule has 0 unspecified atom stereocenters. The van der Waals surface area contributed by atoms with Crippen molar-refractivity contribution < 1.29 is 13.9 Å². The Morgan fingerprint density at radius 1 is 1.00 bits per heavy atom. The van der Waals surface area contributed by atoms with Crippen LogP contribution in [-0.4, -0.2) is 51.1 Å². The molecule has 3 aromatic rings. The number of likely N-dealkylation sites (N-methyl/N-ethyl adjacent to an activating group) is 1. The number of nitrogens with zero attached hydrogens (tertiary/aromatic N) is 2. The van der Waals surface area contributed by atoms with Crippen molar-refractivity contribution in [3.63, 3.8) is 0 Å². The number of rotatable bonds is 4. The largest absolute Gasteiger partial charge is 0.496 e. The van der Waals surface area contributed by atoms with E-state index in [0.717, 1.165) is 43.0 Å². The van der Waals surface area contributed by atoms with Gasteiger partial charge in [0.2, 0.25) is 0 Å². The van der Waals surface area contributed by atoms with Gasteiger partial charge in [0.15, 0.2) is 0 Å². The summed E-state index contributed by atoms with van der Waals surface area (Å²) >= 11 is 0. The number of amides is 1. The fraction of sp³-hybridized carbons (Fsp3) is 0.222. The van der Waals surface area contributed by atoms with Crippen LogP contribution in [0.3, 0.4) is 0 Å². The van der Waals surface area contributed by atoms with E-state index >= 15 is 0 Å².